The Hall–Kier alpha value is -1.53. The molecular formula is C9H13F3N4. The van der Waals surface area contributed by atoms with E-state index < -0.39 is 12.7 Å². The van der Waals surface area contributed by atoms with Crippen LogP contribution in [0.15, 0.2) is 12.1 Å². The molecule has 90 valence electrons. The van der Waals surface area contributed by atoms with Crippen LogP contribution in [0.2, 0.25) is 0 Å². The Morgan fingerprint density at radius 3 is 2.31 bits per heavy atom. The predicted octanol–water partition coefficient (Wildman–Crippen LogP) is 1.84. The van der Waals surface area contributed by atoms with Gasteiger partial charge in [-0.1, -0.05) is 0 Å². The molecule has 1 aromatic heterocycles. The molecule has 0 unspecified atom stereocenters. The minimum Gasteiger partial charge on any atom is -0.382 e. The Kier molecular flexibility index (Phi) is 3.56. The molecule has 0 bridgehead atoms. The number of hydrogen-bond donors (Lipinski definition) is 1. The molecule has 16 heavy (non-hydrogen) atoms. The minimum atomic E-state index is -4.27. The fourth-order valence-electron chi connectivity index (χ4n) is 1.21. The van der Waals surface area contributed by atoms with Crippen molar-refractivity contribution in [3.8, 4) is 0 Å². The molecule has 0 aliphatic heterocycles. The third kappa shape index (κ3) is 3.56. The molecule has 1 rings (SSSR count). The molecule has 7 heteroatoms. The molecule has 0 amide bonds. The van der Waals surface area contributed by atoms with Gasteiger partial charge >= 0.3 is 6.18 Å². The first-order valence-corrected chi connectivity index (χ1v) is 4.72. The van der Waals surface area contributed by atoms with Crippen LogP contribution in [0, 0.1) is 0 Å². The minimum absolute atomic E-state index is 0.168. The molecule has 0 aliphatic rings. The van der Waals surface area contributed by atoms with Gasteiger partial charge in [0.1, 0.15) is 12.4 Å². The van der Waals surface area contributed by atoms with Crippen LogP contribution in [0.5, 0.6) is 0 Å². The summed E-state index contributed by atoms with van der Waals surface area (Å²) < 4.78 is 36.9. The Morgan fingerprint density at radius 1 is 1.31 bits per heavy atom. The van der Waals surface area contributed by atoms with Crippen LogP contribution in [0.4, 0.5) is 24.8 Å². The van der Waals surface area contributed by atoms with Gasteiger partial charge in [0.15, 0.2) is 5.82 Å². The second kappa shape index (κ2) is 4.54. The first-order chi connectivity index (χ1) is 7.29. The summed E-state index contributed by atoms with van der Waals surface area (Å²) in [4.78, 5) is 1.12. The third-order valence-electron chi connectivity index (χ3n) is 1.94. The lowest BCUT2D eigenvalue weighted by atomic mass is 10.3. The van der Waals surface area contributed by atoms with Crippen LogP contribution in [0.3, 0.4) is 0 Å². The summed E-state index contributed by atoms with van der Waals surface area (Å²) in [6.45, 7) is 2.26. The molecule has 0 radical (unpaired) electrons. The first kappa shape index (κ1) is 12.5. The Morgan fingerprint density at radius 2 is 1.94 bits per heavy atom. The van der Waals surface area contributed by atoms with Crippen molar-refractivity contribution in [1.82, 2.24) is 10.2 Å². The molecule has 0 fully saturated rings. The molecule has 0 atom stereocenters. The van der Waals surface area contributed by atoms with Gasteiger partial charge in [-0.15, -0.1) is 10.2 Å². The van der Waals surface area contributed by atoms with Crippen molar-refractivity contribution in [2.45, 2.75) is 26.1 Å². The van der Waals surface area contributed by atoms with Crippen LogP contribution in [0.25, 0.3) is 0 Å². The van der Waals surface area contributed by atoms with E-state index in [1.54, 1.807) is 13.8 Å². The lowest BCUT2D eigenvalue weighted by molar-refractivity contribution is -0.120. The van der Waals surface area contributed by atoms with E-state index in [0.717, 1.165) is 4.90 Å². The average Bonchev–Trinajstić information content (AvgIpc) is 2.14. The molecule has 4 nitrogen and oxygen atoms in total. The monoisotopic (exact) mass is 234 g/mol. The second-order valence-electron chi connectivity index (χ2n) is 3.65. The highest BCUT2D eigenvalue weighted by Crippen LogP contribution is 2.22. The van der Waals surface area contributed by atoms with Crippen molar-refractivity contribution in [2.75, 3.05) is 17.2 Å². The van der Waals surface area contributed by atoms with Gasteiger partial charge in [-0.25, -0.2) is 0 Å². The van der Waals surface area contributed by atoms with E-state index in [-0.39, 0.29) is 17.7 Å². The number of alkyl halides is 3. The molecule has 1 heterocycles. The summed E-state index contributed by atoms with van der Waals surface area (Å²) in [5, 5.41) is 7.17. The molecule has 1 aromatic rings. The van der Waals surface area contributed by atoms with Crippen molar-refractivity contribution >= 4 is 11.6 Å². The summed E-state index contributed by atoms with van der Waals surface area (Å²) in [6.07, 6.45) is -4.27. The number of hydrogen-bond acceptors (Lipinski definition) is 4. The van der Waals surface area contributed by atoms with E-state index in [1.807, 2.05) is 0 Å². The standard InChI is InChI=1S/C9H13F3N4/c1-6(2)16(5-9(10,11)12)8-4-3-7(13)14-15-8/h3-4,6H,5H2,1-2H3,(H2,13,14). The van der Waals surface area contributed by atoms with Crippen LogP contribution >= 0.6 is 0 Å². The number of nitrogens with zero attached hydrogens (tertiary/aromatic N) is 3. The Labute approximate surface area is 91.3 Å². The van der Waals surface area contributed by atoms with Gasteiger partial charge in [-0.3, -0.25) is 0 Å². The van der Waals surface area contributed by atoms with Gasteiger partial charge in [-0.05, 0) is 26.0 Å². The van der Waals surface area contributed by atoms with E-state index in [2.05, 4.69) is 10.2 Å². The number of halogens is 3. The number of rotatable bonds is 3. The molecule has 0 aliphatic carbocycles. The van der Waals surface area contributed by atoms with Crippen molar-refractivity contribution in [3.63, 3.8) is 0 Å². The number of anilines is 2. The Bertz CT molecular complexity index is 334. The maximum absolute atomic E-state index is 12.3. The largest absolute Gasteiger partial charge is 0.405 e. The highest BCUT2D eigenvalue weighted by molar-refractivity contribution is 5.42. The fraction of sp³-hybridized carbons (Fsp3) is 0.556. The summed E-state index contributed by atoms with van der Waals surface area (Å²) in [5.41, 5.74) is 5.32. The zero-order valence-corrected chi connectivity index (χ0v) is 8.99. The summed E-state index contributed by atoms with van der Waals surface area (Å²) in [7, 11) is 0. The average molecular weight is 234 g/mol. The molecular weight excluding hydrogens is 221 g/mol. The van der Waals surface area contributed by atoms with Gasteiger partial charge in [0.25, 0.3) is 0 Å². The first-order valence-electron chi connectivity index (χ1n) is 4.72. The van der Waals surface area contributed by atoms with Crippen molar-refractivity contribution in [2.24, 2.45) is 0 Å². The van der Waals surface area contributed by atoms with E-state index in [0.29, 0.717) is 0 Å². The molecule has 0 saturated carbocycles. The van der Waals surface area contributed by atoms with Crippen molar-refractivity contribution < 1.29 is 13.2 Å². The van der Waals surface area contributed by atoms with Crippen LogP contribution in [-0.2, 0) is 0 Å². The fourth-order valence-corrected chi connectivity index (χ4v) is 1.21. The van der Waals surface area contributed by atoms with Crippen LogP contribution in [-0.4, -0.2) is 29.0 Å². The van der Waals surface area contributed by atoms with E-state index in [9.17, 15) is 13.2 Å². The molecule has 2 N–H and O–H groups in total. The zero-order chi connectivity index (χ0) is 12.3. The zero-order valence-electron chi connectivity index (χ0n) is 8.99. The highest BCUT2D eigenvalue weighted by Gasteiger charge is 2.32. The topological polar surface area (TPSA) is 55.0 Å². The third-order valence-corrected chi connectivity index (χ3v) is 1.94. The van der Waals surface area contributed by atoms with E-state index in [1.165, 1.54) is 12.1 Å². The maximum Gasteiger partial charge on any atom is 0.405 e. The summed E-state index contributed by atoms with van der Waals surface area (Å²) >= 11 is 0. The highest BCUT2D eigenvalue weighted by atomic mass is 19.4. The van der Waals surface area contributed by atoms with Crippen molar-refractivity contribution in [1.29, 1.82) is 0 Å². The lowest BCUT2D eigenvalue weighted by Gasteiger charge is -2.28. The predicted molar refractivity (Wildman–Crippen MR) is 55.0 cm³/mol. The quantitative estimate of drug-likeness (QED) is 0.866. The van der Waals surface area contributed by atoms with Gasteiger partial charge in [-0.2, -0.15) is 13.2 Å². The SMILES string of the molecule is CC(C)N(CC(F)(F)F)c1ccc(N)nn1. The number of aromatic nitrogens is 2. The van der Waals surface area contributed by atoms with Crippen LogP contribution < -0.4 is 10.6 Å². The number of nitrogen functional groups attached to an aromatic ring is 1. The van der Waals surface area contributed by atoms with Gasteiger partial charge in [0, 0.05) is 6.04 Å². The number of nitrogens with two attached hydrogens (primary N) is 1. The lowest BCUT2D eigenvalue weighted by Crippen LogP contribution is -2.39. The Balaban J connectivity index is 2.90. The molecule has 0 saturated heterocycles. The van der Waals surface area contributed by atoms with Gasteiger partial charge in [0.05, 0.1) is 0 Å². The van der Waals surface area contributed by atoms with E-state index >= 15 is 0 Å². The molecule has 0 aromatic carbocycles. The molecule has 0 spiro atoms. The summed E-state index contributed by atoms with van der Waals surface area (Å²) in [6, 6.07) is 2.53. The van der Waals surface area contributed by atoms with E-state index in [4.69, 9.17) is 5.73 Å². The van der Waals surface area contributed by atoms with Gasteiger partial charge < -0.3 is 10.6 Å². The summed E-state index contributed by atoms with van der Waals surface area (Å²) in [5.74, 6) is 0.348. The maximum atomic E-state index is 12.3. The van der Waals surface area contributed by atoms with Crippen LogP contribution in [0.1, 0.15) is 13.8 Å². The van der Waals surface area contributed by atoms with Gasteiger partial charge in [0.2, 0.25) is 0 Å². The smallest absolute Gasteiger partial charge is 0.382 e. The second-order valence-corrected chi connectivity index (χ2v) is 3.65. The normalized spacial score (nSPS) is 11.9. The van der Waals surface area contributed by atoms with Crippen molar-refractivity contribution in [3.05, 3.63) is 12.1 Å².